The van der Waals surface area contributed by atoms with Gasteiger partial charge < -0.3 is 4.52 Å². The summed E-state index contributed by atoms with van der Waals surface area (Å²) in [5.41, 5.74) is 2.30. The molecule has 0 unspecified atom stereocenters. The zero-order valence-corrected chi connectivity index (χ0v) is 16.6. The number of aromatic nitrogens is 4. The van der Waals surface area contributed by atoms with E-state index in [1.165, 1.54) is 18.4 Å². The van der Waals surface area contributed by atoms with E-state index in [0.717, 1.165) is 37.4 Å². The molecule has 3 aromatic rings. The number of fused-ring (bicyclic) bond motifs is 1. The Morgan fingerprint density at radius 2 is 2.11 bits per heavy atom. The van der Waals surface area contributed by atoms with E-state index >= 15 is 0 Å². The van der Waals surface area contributed by atoms with E-state index in [2.05, 4.69) is 35.2 Å². The molecule has 3 heterocycles. The van der Waals surface area contributed by atoms with E-state index in [0.29, 0.717) is 17.9 Å². The third kappa shape index (κ3) is 2.96. The summed E-state index contributed by atoms with van der Waals surface area (Å²) in [4.78, 5) is 7.39. The first-order valence-corrected chi connectivity index (χ1v) is 10.3. The first kappa shape index (κ1) is 17.6. The van der Waals surface area contributed by atoms with Crippen LogP contribution < -0.4 is 0 Å². The van der Waals surface area contributed by atoms with Gasteiger partial charge in [-0.3, -0.25) is 9.58 Å². The molecule has 0 bridgehead atoms. The van der Waals surface area contributed by atoms with E-state index < -0.39 is 0 Å². The van der Waals surface area contributed by atoms with Gasteiger partial charge in [0, 0.05) is 43.0 Å². The quantitative estimate of drug-likeness (QED) is 0.671. The van der Waals surface area contributed by atoms with Crippen LogP contribution in [0.3, 0.4) is 0 Å². The van der Waals surface area contributed by atoms with Crippen molar-refractivity contribution in [2.45, 2.75) is 51.1 Å². The summed E-state index contributed by atoms with van der Waals surface area (Å²) in [6.07, 6.45) is 7.82. The lowest BCUT2D eigenvalue weighted by atomic mass is 9.80. The monoisotopic (exact) mass is 377 g/mol. The van der Waals surface area contributed by atoms with Gasteiger partial charge in [0.15, 0.2) is 5.82 Å². The Balaban J connectivity index is 1.37. The van der Waals surface area contributed by atoms with Gasteiger partial charge in [-0.25, -0.2) is 0 Å². The van der Waals surface area contributed by atoms with E-state index in [-0.39, 0.29) is 5.41 Å². The molecule has 1 aliphatic heterocycles. The van der Waals surface area contributed by atoms with Crippen molar-refractivity contribution in [2.24, 2.45) is 5.92 Å². The minimum atomic E-state index is 0.0323. The Morgan fingerprint density at radius 1 is 1.25 bits per heavy atom. The third-order valence-electron chi connectivity index (χ3n) is 6.42. The fourth-order valence-electron chi connectivity index (χ4n) is 5.00. The minimum absolute atomic E-state index is 0.0323. The number of hydrogen-bond acceptors (Lipinski definition) is 5. The van der Waals surface area contributed by atoms with Crippen molar-refractivity contribution >= 4 is 0 Å². The molecule has 2 aromatic heterocycles. The molecular formula is C22H27N5O. The molecule has 0 amide bonds. The van der Waals surface area contributed by atoms with Crippen LogP contribution >= 0.6 is 0 Å². The molecule has 6 heteroatoms. The summed E-state index contributed by atoms with van der Waals surface area (Å²) in [6.45, 7) is 7.36. The predicted molar refractivity (Wildman–Crippen MR) is 107 cm³/mol. The van der Waals surface area contributed by atoms with Gasteiger partial charge in [0.05, 0.1) is 11.6 Å². The Labute approximate surface area is 165 Å². The Morgan fingerprint density at radius 3 is 2.89 bits per heavy atom. The van der Waals surface area contributed by atoms with Gasteiger partial charge in [-0.15, -0.1) is 0 Å². The molecule has 2 fully saturated rings. The molecule has 0 N–H and O–H groups in total. The maximum absolute atomic E-state index is 5.66. The van der Waals surface area contributed by atoms with Crippen LogP contribution in [0.4, 0.5) is 0 Å². The highest BCUT2D eigenvalue weighted by molar-refractivity contribution is 5.52. The zero-order chi connectivity index (χ0) is 19.1. The number of benzene rings is 1. The predicted octanol–water partition coefficient (Wildman–Crippen LogP) is 4.07. The van der Waals surface area contributed by atoms with Crippen LogP contribution in [-0.4, -0.2) is 37.9 Å². The van der Waals surface area contributed by atoms with Crippen molar-refractivity contribution < 1.29 is 4.52 Å². The summed E-state index contributed by atoms with van der Waals surface area (Å²) in [5, 5.41) is 8.94. The standard InChI is InChI=1S/C22H27N5O/c1-16(2)27-13-17(11-23-27)12-26-14-19-9-6-10-22(19,15-26)21-24-20(28-25-21)18-7-4-3-5-8-18/h3-5,7-8,11,13,16,19H,6,9-10,12,14-15H2,1-2H3/t19-,22-/m1/s1. The average Bonchev–Trinajstić information content (AvgIpc) is 3.45. The van der Waals surface area contributed by atoms with Crippen molar-refractivity contribution in [1.29, 1.82) is 0 Å². The van der Waals surface area contributed by atoms with E-state index in [1.54, 1.807) is 0 Å². The first-order chi connectivity index (χ1) is 13.6. The maximum atomic E-state index is 5.66. The van der Waals surface area contributed by atoms with Crippen molar-refractivity contribution in [1.82, 2.24) is 24.8 Å². The fourth-order valence-corrected chi connectivity index (χ4v) is 5.00. The van der Waals surface area contributed by atoms with Crippen molar-refractivity contribution in [3.8, 4) is 11.5 Å². The molecule has 146 valence electrons. The van der Waals surface area contributed by atoms with Crippen molar-refractivity contribution in [3.63, 3.8) is 0 Å². The average molecular weight is 377 g/mol. The third-order valence-corrected chi connectivity index (χ3v) is 6.42. The summed E-state index contributed by atoms with van der Waals surface area (Å²) in [7, 11) is 0. The van der Waals surface area contributed by atoms with Crippen LogP contribution in [0, 0.1) is 5.92 Å². The molecule has 6 nitrogen and oxygen atoms in total. The van der Waals surface area contributed by atoms with Crippen LogP contribution in [0.15, 0.2) is 47.2 Å². The van der Waals surface area contributed by atoms with Gasteiger partial charge in [0.1, 0.15) is 0 Å². The summed E-state index contributed by atoms with van der Waals surface area (Å²) >= 11 is 0. The van der Waals surface area contributed by atoms with Crippen molar-refractivity contribution in [3.05, 3.63) is 54.1 Å². The lowest BCUT2D eigenvalue weighted by Crippen LogP contribution is -2.33. The zero-order valence-electron chi connectivity index (χ0n) is 16.6. The molecule has 1 aliphatic carbocycles. The molecular weight excluding hydrogens is 350 g/mol. The van der Waals surface area contributed by atoms with Crippen molar-refractivity contribution in [2.75, 3.05) is 13.1 Å². The topological polar surface area (TPSA) is 60.0 Å². The highest BCUT2D eigenvalue weighted by Crippen LogP contribution is 2.50. The summed E-state index contributed by atoms with van der Waals surface area (Å²) in [6, 6.07) is 10.5. The Hall–Kier alpha value is -2.47. The van der Waals surface area contributed by atoms with Gasteiger partial charge in [0.2, 0.25) is 0 Å². The van der Waals surface area contributed by atoms with E-state index in [4.69, 9.17) is 9.51 Å². The second-order valence-electron chi connectivity index (χ2n) is 8.63. The number of likely N-dealkylation sites (tertiary alicyclic amines) is 1. The minimum Gasteiger partial charge on any atom is -0.334 e. The molecule has 1 saturated carbocycles. The lowest BCUT2D eigenvalue weighted by Gasteiger charge is -2.24. The molecule has 1 aromatic carbocycles. The fraction of sp³-hybridized carbons (Fsp3) is 0.500. The van der Waals surface area contributed by atoms with Gasteiger partial charge in [0.25, 0.3) is 5.89 Å². The second-order valence-corrected chi connectivity index (χ2v) is 8.63. The molecule has 5 rings (SSSR count). The van der Waals surface area contributed by atoms with E-state index in [9.17, 15) is 0 Å². The number of hydrogen-bond donors (Lipinski definition) is 0. The van der Waals surface area contributed by atoms with Gasteiger partial charge >= 0.3 is 0 Å². The Bertz CT molecular complexity index is 947. The molecule has 1 saturated heterocycles. The van der Waals surface area contributed by atoms with Crippen LogP contribution in [0.5, 0.6) is 0 Å². The molecule has 2 atom stereocenters. The van der Waals surface area contributed by atoms with Gasteiger partial charge in [-0.2, -0.15) is 10.1 Å². The molecule has 0 spiro atoms. The van der Waals surface area contributed by atoms with E-state index in [1.807, 2.05) is 41.2 Å². The highest BCUT2D eigenvalue weighted by atomic mass is 16.5. The Kier molecular flexibility index (Phi) is 4.31. The van der Waals surface area contributed by atoms with Gasteiger partial charge in [-0.1, -0.05) is 29.8 Å². The molecule has 28 heavy (non-hydrogen) atoms. The smallest absolute Gasteiger partial charge is 0.257 e. The van der Waals surface area contributed by atoms with Gasteiger partial charge in [-0.05, 0) is 44.7 Å². The largest absolute Gasteiger partial charge is 0.334 e. The highest BCUT2D eigenvalue weighted by Gasteiger charge is 2.53. The summed E-state index contributed by atoms with van der Waals surface area (Å²) < 4.78 is 7.69. The second kappa shape index (κ2) is 6.85. The normalized spacial score (nSPS) is 24.9. The van der Waals surface area contributed by atoms with Crippen LogP contribution in [0.25, 0.3) is 11.5 Å². The van der Waals surface area contributed by atoms with Crippen LogP contribution in [-0.2, 0) is 12.0 Å². The number of rotatable bonds is 5. The van der Waals surface area contributed by atoms with Crippen LogP contribution in [0.2, 0.25) is 0 Å². The lowest BCUT2D eigenvalue weighted by molar-refractivity contribution is 0.286. The molecule has 2 aliphatic rings. The maximum Gasteiger partial charge on any atom is 0.257 e. The molecule has 0 radical (unpaired) electrons. The van der Waals surface area contributed by atoms with Crippen LogP contribution in [0.1, 0.15) is 50.5 Å². The summed E-state index contributed by atoms with van der Waals surface area (Å²) in [5.74, 6) is 2.13. The SMILES string of the molecule is CC(C)n1cc(CN2C[C@H]3CCC[C@@]3(c3noc(-c4ccccc4)n3)C2)cn1. The first-order valence-electron chi connectivity index (χ1n) is 10.3. The number of nitrogens with zero attached hydrogens (tertiary/aromatic N) is 5.